The van der Waals surface area contributed by atoms with E-state index in [4.69, 9.17) is 5.14 Å². The summed E-state index contributed by atoms with van der Waals surface area (Å²) in [6.07, 6.45) is 0. The van der Waals surface area contributed by atoms with Gasteiger partial charge in [-0.25, -0.2) is 18.5 Å². The van der Waals surface area contributed by atoms with Crippen LogP contribution in [0.3, 0.4) is 0 Å². The summed E-state index contributed by atoms with van der Waals surface area (Å²) in [4.78, 5) is 27.7. The second kappa shape index (κ2) is 8.42. The number of nitrogens with one attached hydrogen (secondary N) is 2. The Labute approximate surface area is 191 Å². The molecule has 168 valence electrons. The van der Waals surface area contributed by atoms with Crippen molar-refractivity contribution in [3.63, 3.8) is 0 Å². The van der Waals surface area contributed by atoms with Crippen molar-refractivity contribution in [2.45, 2.75) is 4.90 Å². The first-order valence-corrected chi connectivity index (χ1v) is 11.5. The monoisotopic (exact) mass is 485 g/mol. The molecule has 0 radical (unpaired) electrons. The van der Waals surface area contributed by atoms with Gasteiger partial charge in [0.15, 0.2) is 5.71 Å². The lowest BCUT2D eigenvalue weighted by atomic mass is 10.1. The predicted octanol–water partition coefficient (Wildman–Crippen LogP) is 2.20. The van der Waals surface area contributed by atoms with E-state index in [9.17, 15) is 23.3 Å². The molecule has 12 nitrogen and oxygen atoms in total. The van der Waals surface area contributed by atoms with Crippen molar-refractivity contribution in [2.75, 3.05) is 10.4 Å². The number of thiazole rings is 1. The van der Waals surface area contributed by atoms with Crippen LogP contribution in [0.25, 0.3) is 11.3 Å². The molecule has 2 aromatic carbocycles. The molecule has 0 saturated carbocycles. The fourth-order valence-electron chi connectivity index (χ4n) is 2.84. The highest BCUT2D eigenvalue weighted by Crippen LogP contribution is 2.30. The Morgan fingerprint density at radius 2 is 1.97 bits per heavy atom. The zero-order valence-corrected chi connectivity index (χ0v) is 18.3. The number of nitro benzene ring substituents is 1. The summed E-state index contributed by atoms with van der Waals surface area (Å²) in [5.41, 5.74) is 7.05. The Hall–Kier alpha value is -4.14. The van der Waals surface area contributed by atoms with E-state index in [1.54, 1.807) is 17.5 Å². The lowest BCUT2D eigenvalue weighted by Gasteiger charge is -2.10. The molecule has 0 unspecified atom stereocenters. The van der Waals surface area contributed by atoms with Gasteiger partial charge in [0.25, 0.3) is 5.69 Å². The summed E-state index contributed by atoms with van der Waals surface area (Å²) < 4.78 is 22.7. The second-order valence-electron chi connectivity index (χ2n) is 6.70. The molecule has 1 saturated heterocycles. The van der Waals surface area contributed by atoms with Crippen LogP contribution < -0.4 is 21.0 Å². The normalized spacial score (nSPS) is 15.1. The summed E-state index contributed by atoms with van der Waals surface area (Å²) in [6.45, 7) is 3.78. The summed E-state index contributed by atoms with van der Waals surface area (Å²) in [7, 11) is -3.82. The van der Waals surface area contributed by atoms with Crippen molar-refractivity contribution in [3.05, 3.63) is 76.3 Å². The van der Waals surface area contributed by atoms with Crippen LogP contribution >= 0.6 is 11.3 Å². The van der Waals surface area contributed by atoms with Crippen molar-refractivity contribution in [3.8, 4) is 11.3 Å². The number of amides is 1. The second-order valence-corrected chi connectivity index (χ2v) is 9.09. The summed E-state index contributed by atoms with van der Waals surface area (Å²) >= 11 is 1.16. The van der Waals surface area contributed by atoms with Crippen LogP contribution in [-0.4, -0.2) is 29.9 Å². The van der Waals surface area contributed by atoms with E-state index in [-0.39, 0.29) is 22.0 Å². The molecule has 1 aliphatic rings. The van der Waals surface area contributed by atoms with Crippen LogP contribution in [0.2, 0.25) is 0 Å². The SMILES string of the molecule is C=C1NN(c2nc(-c3cccc([N+](=O)[O-])c3)cs2)C(=O)/C1=N/Nc1ccc(S(N)(=O)=O)cc1. The van der Waals surface area contributed by atoms with E-state index >= 15 is 0 Å². The Bertz CT molecular complexity index is 1410. The van der Waals surface area contributed by atoms with Gasteiger partial charge in [0, 0.05) is 23.1 Å². The number of carbonyl (C=O) groups excluding carboxylic acids is 1. The van der Waals surface area contributed by atoms with Gasteiger partial charge >= 0.3 is 5.91 Å². The zero-order valence-electron chi connectivity index (χ0n) is 16.6. The van der Waals surface area contributed by atoms with E-state index in [2.05, 4.69) is 27.5 Å². The number of aromatic nitrogens is 1. The van der Waals surface area contributed by atoms with Crippen LogP contribution in [-0.2, 0) is 14.8 Å². The molecule has 0 aliphatic carbocycles. The number of rotatable bonds is 6. The average molecular weight is 486 g/mol. The number of carbonyl (C=O) groups is 1. The van der Waals surface area contributed by atoms with Crippen molar-refractivity contribution in [1.29, 1.82) is 0 Å². The third kappa shape index (κ3) is 4.57. The molecule has 0 atom stereocenters. The van der Waals surface area contributed by atoms with E-state index in [0.717, 1.165) is 11.3 Å². The topological polar surface area (TPSA) is 173 Å². The molecule has 1 amide bonds. The van der Waals surface area contributed by atoms with E-state index in [0.29, 0.717) is 22.1 Å². The number of nitrogens with zero attached hydrogens (tertiary/aromatic N) is 4. The molecule has 3 aromatic rings. The maximum Gasteiger partial charge on any atom is 0.301 e. The predicted molar refractivity (Wildman–Crippen MR) is 123 cm³/mol. The van der Waals surface area contributed by atoms with Crippen molar-refractivity contribution < 1.29 is 18.1 Å². The van der Waals surface area contributed by atoms with Gasteiger partial charge in [-0.1, -0.05) is 18.7 Å². The number of benzene rings is 2. The molecule has 4 rings (SSSR count). The molecule has 0 spiro atoms. The van der Waals surface area contributed by atoms with Gasteiger partial charge in [-0.05, 0) is 24.3 Å². The van der Waals surface area contributed by atoms with Crippen LogP contribution in [0.15, 0.2) is 76.2 Å². The van der Waals surface area contributed by atoms with Crippen molar-refractivity contribution in [1.82, 2.24) is 10.4 Å². The molecular formula is C19H15N7O5S2. The minimum atomic E-state index is -3.82. The van der Waals surface area contributed by atoms with Gasteiger partial charge in [-0.3, -0.25) is 25.8 Å². The Morgan fingerprint density at radius 3 is 2.64 bits per heavy atom. The molecule has 14 heteroatoms. The average Bonchev–Trinajstić information content (AvgIpc) is 3.37. The number of hydrogen-bond acceptors (Lipinski definition) is 10. The van der Waals surface area contributed by atoms with Crippen molar-refractivity contribution in [2.24, 2.45) is 10.2 Å². The largest absolute Gasteiger partial charge is 0.301 e. The molecule has 2 heterocycles. The lowest BCUT2D eigenvalue weighted by molar-refractivity contribution is -0.384. The van der Waals surface area contributed by atoms with Gasteiger partial charge in [0.2, 0.25) is 15.2 Å². The van der Waals surface area contributed by atoms with Gasteiger partial charge < -0.3 is 0 Å². The molecule has 1 aliphatic heterocycles. The minimum absolute atomic E-state index is 0.00220. The maximum absolute atomic E-state index is 12.8. The molecule has 0 bridgehead atoms. The fourth-order valence-corrected chi connectivity index (χ4v) is 4.15. The minimum Gasteiger partial charge on any atom is -0.287 e. The highest BCUT2D eigenvalue weighted by molar-refractivity contribution is 7.89. The number of anilines is 2. The van der Waals surface area contributed by atoms with Gasteiger partial charge in [-0.2, -0.15) is 10.1 Å². The van der Waals surface area contributed by atoms with Gasteiger partial charge in [0.05, 0.1) is 26.9 Å². The quantitative estimate of drug-likeness (QED) is 0.352. The van der Waals surface area contributed by atoms with E-state index < -0.39 is 20.9 Å². The number of hydrazone groups is 1. The van der Waals surface area contributed by atoms with Crippen LogP contribution in [0.4, 0.5) is 16.5 Å². The van der Waals surface area contributed by atoms with Crippen LogP contribution in [0, 0.1) is 10.1 Å². The lowest BCUT2D eigenvalue weighted by Crippen LogP contribution is -2.34. The fraction of sp³-hybridized carbons (Fsp3) is 0. The highest BCUT2D eigenvalue weighted by atomic mass is 32.2. The van der Waals surface area contributed by atoms with Gasteiger partial charge in [-0.15, -0.1) is 11.3 Å². The van der Waals surface area contributed by atoms with Crippen LogP contribution in [0.5, 0.6) is 0 Å². The third-order valence-corrected chi connectivity index (χ3v) is 6.21. The van der Waals surface area contributed by atoms with E-state index in [1.807, 2.05) is 0 Å². The number of nitro groups is 1. The molecule has 4 N–H and O–H groups in total. The maximum atomic E-state index is 12.8. The Morgan fingerprint density at radius 1 is 1.24 bits per heavy atom. The number of nitrogens with two attached hydrogens (primary N) is 1. The number of primary sulfonamides is 1. The first kappa shape index (κ1) is 22.1. The number of hydrogen-bond donors (Lipinski definition) is 3. The highest BCUT2D eigenvalue weighted by Gasteiger charge is 2.34. The molecule has 33 heavy (non-hydrogen) atoms. The van der Waals surface area contributed by atoms with E-state index in [1.165, 1.54) is 41.4 Å². The smallest absolute Gasteiger partial charge is 0.287 e. The molecule has 1 fully saturated rings. The third-order valence-electron chi connectivity index (χ3n) is 4.45. The Balaban J connectivity index is 1.52. The standard InChI is InChI=1S/C19H15N7O5S2/c1-11-17(23-22-13-5-7-15(8-6-13)33(20,30)31)18(27)25(24-11)19-21-16(10-32-19)12-3-2-4-14(9-12)26(28)29/h2-10,22,24H,1H2,(H2,20,30,31)/b23-17+. The molecular weight excluding hydrogens is 470 g/mol. The summed E-state index contributed by atoms with van der Waals surface area (Å²) in [5.74, 6) is -0.520. The Kier molecular flexibility index (Phi) is 5.63. The van der Waals surface area contributed by atoms with Gasteiger partial charge in [0.1, 0.15) is 0 Å². The summed E-state index contributed by atoms with van der Waals surface area (Å²) in [6, 6.07) is 11.5. The molecule has 1 aromatic heterocycles. The summed E-state index contributed by atoms with van der Waals surface area (Å²) in [5, 5.41) is 23.3. The van der Waals surface area contributed by atoms with Crippen molar-refractivity contribution >= 4 is 49.5 Å². The van der Waals surface area contributed by atoms with Crippen LogP contribution in [0.1, 0.15) is 0 Å². The first-order chi connectivity index (χ1) is 15.6. The number of hydrazine groups is 1. The number of sulfonamides is 1. The number of non-ortho nitro benzene ring substituents is 1. The first-order valence-electron chi connectivity index (χ1n) is 9.11. The zero-order chi connectivity index (χ0) is 23.8.